The van der Waals surface area contributed by atoms with Crippen LogP contribution in [0.4, 0.5) is 15.2 Å². The van der Waals surface area contributed by atoms with Crippen molar-refractivity contribution < 1.29 is 4.39 Å². The lowest BCUT2D eigenvalue weighted by atomic mass is 10.1. The Labute approximate surface area is 209 Å². The van der Waals surface area contributed by atoms with Gasteiger partial charge in [-0.1, -0.05) is 18.3 Å². The number of hydrogen-bond donors (Lipinski definition) is 2. The van der Waals surface area contributed by atoms with Gasteiger partial charge in [-0.2, -0.15) is 5.26 Å². The van der Waals surface area contributed by atoms with Gasteiger partial charge in [0.25, 0.3) is 0 Å². The fourth-order valence-electron chi connectivity index (χ4n) is 4.21. The van der Waals surface area contributed by atoms with Gasteiger partial charge < -0.3 is 15.1 Å². The summed E-state index contributed by atoms with van der Waals surface area (Å²) in [5.41, 5.74) is 4.71. The Hall–Kier alpha value is -3.48. The first-order chi connectivity index (χ1) is 16.8. The molecule has 1 aromatic carbocycles. The van der Waals surface area contributed by atoms with Crippen molar-refractivity contribution in [2.45, 2.75) is 27.2 Å². The SMILES string of the molecule is CC/C(C)=C(\N(C)c1nc(-c2ccc(F)cc2)c(C#N)s1)n1cc(N2CCNCC2)cc(C)c1=N. The molecule has 0 saturated carbocycles. The predicted octanol–water partition coefficient (Wildman–Crippen LogP) is 4.55. The van der Waals surface area contributed by atoms with Crippen molar-refractivity contribution in [1.29, 1.82) is 10.7 Å². The normalized spacial score (nSPS) is 14.5. The quantitative estimate of drug-likeness (QED) is 0.528. The molecule has 0 amide bonds. The predicted molar refractivity (Wildman–Crippen MR) is 140 cm³/mol. The summed E-state index contributed by atoms with van der Waals surface area (Å²) in [6, 6.07) is 10.3. The lowest BCUT2D eigenvalue weighted by Crippen LogP contribution is -2.44. The van der Waals surface area contributed by atoms with Crippen LogP contribution in [0.5, 0.6) is 0 Å². The van der Waals surface area contributed by atoms with E-state index in [4.69, 9.17) is 10.4 Å². The second-order valence-electron chi connectivity index (χ2n) is 8.65. The molecule has 1 aliphatic heterocycles. The zero-order chi connectivity index (χ0) is 25.1. The molecular weight excluding hydrogens is 461 g/mol. The molecule has 0 aliphatic carbocycles. The summed E-state index contributed by atoms with van der Waals surface area (Å²) in [6.07, 6.45) is 2.83. The number of pyridine rings is 1. The maximum Gasteiger partial charge on any atom is 0.192 e. The average Bonchev–Trinajstić information content (AvgIpc) is 3.32. The van der Waals surface area contributed by atoms with Crippen LogP contribution in [0.1, 0.15) is 30.7 Å². The van der Waals surface area contributed by atoms with E-state index in [-0.39, 0.29) is 5.82 Å². The van der Waals surface area contributed by atoms with Crippen molar-refractivity contribution >= 4 is 28.0 Å². The Bertz CT molecular complexity index is 1340. The molecule has 0 unspecified atom stereocenters. The third-order valence-electron chi connectivity index (χ3n) is 6.30. The standard InChI is InChI=1S/C26H30FN7S/c1-5-17(2)25(34-16-21(14-18(3)24(34)29)33-12-10-30-11-13-33)32(4)26-31-23(22(15-28)35-26)19-6-8-20(27)9-7-19/h6-9,14,16,29-30H,5,10-13H2,1-4H3/b25-17+,29-24?. The van der Waals surface area contributed by atoms with Gasteiger partial charge in [0.05, 0.1) is 5.69 Å². The fraction of sp³-hybridized carbons (Fsp3) is 0.346. The van der Waals surface area contributed by atoms with Crippen LogP contribution in [0, 0.1) is 29.5 Å². The molecule has 0 spiro atoms. The minimum Gasteiger partial charge on any atom is -0.368 e. The third-order valence-corrected chi connectivity index (χ3v) is 7.34. The van der Waals surface area contributed by atoms with Gasteiger partial charge in [0.15, 0.2) is 5.13 Å². The summed E-state index contributed by atoms with van der Waals surface area (Å²) in [7, 11) is 1.92. The van der Waals surface area contributed by atoms with E-state index in [1.807, 2.05) is 29.6 Å². The second-order valence-corrected chi connectivity index (χ2v) is 9.62. The fourth-order valence-corrected chi connectivity index (χ4v) is 5.06. The van der Waals surface area contributed by atoms with Gasteiger partial charge >= 0.3 is 0 Å². The van der Waals surface area contributed by atoms with Crippen LogP contribution < -0.4 is 20.6 Å². The first-order valence-electron chi connectivity index (χ1n) is 11.7. The molecule has 0 atom stereocenters. The number of rotatable bonds is 6. The number of nitrogens with one attached hydrogen (secondary N) is 2. The number of halogens is 1. The van der Waals surface area contributed by atoms with E-state index in [1.165, 1.54) is 23.5 Å². The molecule has 0 bridgehead atoms. The number of hydrogen-bond acceptors (Lipinski definition) is 7. The molecule has 3 heterocycles. The summed E-state index contributed by atoms with van der Waals surface area (Å²) in [5.74, 6) is 0.518. The molecule has 1 aliphatic rings. The van der Waals surface area contributed by atoms with E-state index in [9.17, 15) is 9.65 Å². The van der Waals surface area contributed by atoms with Crippen molar-refractivity contribution in [3.05, 3.63) is 63.8 Å². The smallest absolute Gasteiger partial charge is 0.192 e. The van der Waals surface area contributed by atoms with E-state index < -0.39 is 0 Å². The minimum atomic E-state index is -0.331. The van der Waals surface area contributed by atoms with Crippen molar-refractivity contribution in [1.82, 2.24) is 14.9 Å². The zero-order valence-corrected chi connectivity index (χ0v) is 21.3. The largest absolute Gasteiger partial charge is 0.368 e. The van der Waals surface area contributed by atoms with Gasteiger partial charge in [-0.15, -0.1) is 0 Å². The van der Waals surface area contributed by atoms with Crippen LogP contribution in [0.3, 0.4) is 0 Å². The molecule has 7 nitrogen and oxygen atoms in total. The number of anilines is 2. The molecule has 4 rings (SSSR count). The Morgan fingerprint density at radius 3 is 2.60 bits per heavy atom. The summed E-state index contributed by atoms with van der Waals surface area (Å²) >= 11 is 1.29. The van der Waals surface area contributed by atoms with Gasteiger partial charge in [-0.3, -0.25) is 9.98 Å². The molecule has 1 saturated heterocycles. The Morgan fingerprint density at radius 1 is 1.29 bits per heavy atom. The Balaban J connectivity index is 1.81. The van der Waals surface area contributed by atoms with Crippen molar-refractivity contribution in [3.8, 4) is 17.3 Å². The van der Waals surface area contributed by atoms with Crippen LogP contribution in [-0.2, 0) is 0 Å². The summed E-state index contributed by atoms with van der Waals surface area (Å²) in [4.78, 5) is 9.54. The maximum absolute atomic E-state index is 13.5. The highest BCUT2D eigenvalue weighted by Gasteiger charge is 2.22. The van der Waals surface area contributed by atoms with Crippen LogP contribution in [0.25, 0.3) is 17.1 Å². The molecule has 182 valence electrons. The number of nitriles is 1. The Kier molecular flexibility index (Phi) is 7.34. The van der Waals surface area contributed by atoms with E-state index in [0.29, 0.717) is 26.8 Å². The average molecular weight is 492 g/mol. The van der Waals surface area contributed by atoms with Crippen LogP contribution in [-0.4, -0.2) is 42.8 Å². The van der Waals surface area contributed by atoms with Gasteiger partial charge in [0.1, 0.15) is 33.8 Å². The van der Waals surface area contributed by atoms with Crippen molar-refractivity contribution in [2.75, 3.05) is 43.0 Å². The molecule has 2 N–H and O–H groups in total. The molecular formula is C26H30FN7S. The highest BCUT2D eigenvalue weighted by molar-refractivity contribution is 7.16. The summed E-state index contributed by atoms with van der Waals surface area (Å²) in [5, 5.41) is 22.7. The maximum atomic E-state index is 13.5. The highest BCUT2D eigenvalue weighted by Crippen LogP contribution is 2.35. The van der Waals surface area contributed by atoms with Gasteiger partial charge in [-0.25, -0.2) is 9.37 Å². The first kappa shape index (κ1) is 24.6. The molecule has 3 aromatic rings. The number of nitrogens with zero attached hydrogens (tertiary/aromatic N) is 5. The van der Waals surface area contributed by atoms with Crippen molar-refractivity contribution in [2.24, 2.45) is 0 Å². The molecule has 0 radical (unpaired) electrons. The minimum absolute atomic E-state index is 0.331. The number of piperazine rings is 1. The summed E-state index contributed by atoms with van der Waals surface area (Å²) < 4.78 is 15.4. The lowest BCUT2D eigenvalue weighted by molar-refractivity contribution is 0.587. The molecule has 2 aromatic heterocycles. The number of thiazole rings is 1. The Morgan fingerprint density at radius 2 is 1.97 bits per heavy atom. The van der Waals surface area contributed by atoms with Crippen LogP contribution in [0.15, 0.2) is 42.1 Å². The third kappa shape index (κ3) is 4.99. The van der Waals surface area contributed by atoms with E-state index >= 15 is 0 Å². The van der Waals surface area contributed by atoms with E-state index in [1.54, 1.807) is 12.1 Å². The number of benzene rings is 1. The number of aryl methyl sites for hydroxylation is 1. The second kappa shape index (κ2) is 10.4. The van der Waals surface area contributed by atoms with Gasteiger partial charge in [0.2, 0.25) is 0 Å². The number of aromatic nitrogens is 2. The van der Waals surface area contributed by atoms with Gasteiger partial charge in [0, 0.05) is 45.0 Å². The lowest BCUT2D eigenvalue weighted by Gasteiger charge is -2.31. The van der Waals surface area contributed by atoms with Gasteiger partial charge in [-0.05, 0) is 61.7 Å². The monoisotopic (exact) mass is 491 g/mol. The van der Waals surface area contributed by atoms with Crippen LogP contribution in [0.2, 0.25) is 0 Å². The van der Waals surface area contributed by atoms with Crippen LogP contribution >= 0.6 is 11.3 Å². The summed E-state index contributed by atoms with van der Waals surface area (Å²) in [6.45, 7) is 9.81. The molecule has 35 heavy (non-hydrogen) atoms. The number of allylic oxidation sites excluding steroid dienone is 1. The van der Waals surface area contributed by atoms with Crippen molar-refractivity contribution in [3.63, 3.8) is 0 Å². The highest BCUT2D eigenvalue weighted by atomic mass is 32.1. The molecule has 9 heteroatoms. The first-order valence-corrected chi connectivity index (χ1v) is 12.5. The van der Waals surface area contributed by atoms with E-state index in [2.05, 4.69) is 36.2 Å². The topological polar surface area (TPSA) is 84.0 Å². The molecule has 1 fully saturated rings. The zero-order valence-electron chi connectivity index (χ0n) is 20.5. The van der Waals surface area contributed by atoms with E-state index in [0.717, 1.165) is 55.2 Å².